The zero-order chi connectivity index (χ0) is 9.80. The second-order valence-electron chi connectivity index (χ2n) is 3.89. The molecule has 0 aromatic heterocycles. The van der Waals surface area contributed by atoms with E-state index < -0.39 is 0 Å². The SMILES string of the molecule is NCc1cccc(C2CC[N]CC2)c1. The molecule has 2 heteroatoms. The molecule has 1 aromatic carbocycles. The van der Waals surface area contributed by atoms with Gasteiger partial charge in [-0.3, -0.25) is 0 Å². The van der Waals surface area contributed by atoms with Crippen LogP contribution in [0.15, 0.2) is 24.3 Å². The van der Waals surface area contributed by atoms with Crippen LogP contribution in [-0.2, 0) is 6.54 Å². The number of hydrogen-bond donors (Lipinski definition) is 1. The maximum absolute atomic E-state index is 5.63. The van der Waals surface area contributed by atoms with Gasteiger partial charge in [-0.05, 0) is 29.9 Å². The van der Waals surface area contributed by atoms with E-state index in [1.54, 1.807) is 0 Å². The molecule has 1 fully saturated rings. The summed E-state index contributed by atoms with van der Waals surface area (Å²) in [5.41, 5.74) is 8.32. The predicted molar refractivity (Wildman–Crippen MR) is 58.2 cm³/mol. The summed E-state index contributed by atoms with van der Waals surface area (Å²) in [6.07, 6.45) is 2.40. The number of hydrogen-bond acceptors (Lipinski definition) is 1. The largest absolute Gasteiger partial charge is 0.326 e. The van der Waals surface area contributed by atoms with Gasteiger partial charge >= 0.3 is 0 Å². The van der Waals surface area contributed by atoms with Crippen LogP contribution in [0.25, 0.3) is 0 Å². The summed E-state index contributed by atoms with van der Waals surface area (Å²) in [6.45, 7) is 2.69. The molecule has 75 valence electrons. The van der Waals surface area contributed by atoms with Crippen LogP contribution in [0, 0.1) is 0 Å². The average Bonchev–Trinajstić information content (AvgIpc) is 2.30. The lowest BCUT2D eigenvalue weighted by Gasteiger charge is -2.22. The van der Waals surface area contributed by atoms with Crippen molar-refractivity contribution in [3.05, 3.63) is 35.4 Å². The van der Waals surface area contributed by atoms with Crippen LogP contribution in [-0.4, -0.2) is 13.1 Å². The Kier molecular flexibility index (Phi) is 3.17. The molecule has 1 aliphatic heterocycles. The van der Waals surface area contributed by atoms with Crippen molar-refractivity contribution in [2.24, 2.45) is 5.73 Å². The van der Waals surface area contributed by atoms with Gasteiger partial charge in [0.2, 0.25) is 0 Å². The average molecular weight is 189 g/mol. The first-order chi connectivity index (χ1) is 6.90. The van der Waals surface area contributed by atoms with Gasteiger partial charge in [0.1, 0.15) is 0 Å². The van der Waals surface area contributed by atoms with Gasteiger partial charge in [0.05, 0.1) is 0 Å². The summed E-state index contributed by atoms with van der Waals surface area (Å²) in [5.74, 6) is 0.707. The molecule has 1 aliphatic rings. The van der Waals surface area contributed by atoms with Gasteiger partial charge in [0.25, 0.3) is 0 Å². The van der Waals surface area contributed by atoms with Crippen molar-refractivity contribution >= 4 is 0 Å². The summed E-state index contributed by atoms with van der Waals surface area (Å²) >= 11 is 0. The maximum Gasteiger partial charge on any atom is 0.0178 e. The fourth-order valence-corrected chi connectivity index (χ4v) is 2.06. The van der Waals surface area contributed by atoms with Gasteiger partial charge < -0.3 is 5.73 Å². The summed E-state index contributed by atoms with van der Waals surface area (Å²) in [7, 11) is 0. The van der Waals surface area contributed by atoms with E-state index in [2.05, 4.69) is 29.6 Å². The van der Waals surface area contributed by atoms with Gasteiger partial charge in [-0.15, -0.1) is 0 Å². The first-order valence-electron chi connectivity index (χ1n) is 5.32. The van der Waals surface area contributed by atoms with Crippen molar-refractivity contribution in [1.82, 2.24) is 5.32 Å². The minimum absolute atomic E-state index is 0.644. The lowest BCUT2D eigenvalue weighted by atomic mass is 9.89. The van der Waals surface area contributed by atoms with Gasteiger partial charge in [-0.1, -0.05) is 24.3 Å². The van der Waals surface area contributed by atoms with E-state index in [4.69, 9.17) is 5.73 Å². The van der Waals surface area contributed by atoms with E-state index in [0.29, 0.717) is 12.5 Å². The minimum atomic E-state index is 0.644. The molecule has 0 unspecified atom stereocenters. The zero-order valence-corrected chi connectivity index (χ0v) is 8.45. The molecule has 0 atom stereocenters. The highest BCUT2D eigenvalue weighted by atomic mass is 14.9. The van der Waals surface area contributed by atoms with Gasteiger partial charge in [0, 0.05) is 19.6 Å². The highest BCUT2D eigenvalue weighted by Crippen LogP contribution is 2.25. The second kappa shape index (κ2) is 4.58. The second-order valence-corrected chi connectivity index (χ2v) is 3.89. The molecule has 1 radical (unpaired) electrons. The van der Waals surface area contributed by atoms with Crippen LogP contribution in [0.5, 0.6) is 0 Å². The summed E-state index contributed by atoms with van der Waals surface area (Å²) in [4.78, 5) is 0. The summed E-state index contributed by atoms with van der Waals surface area (Å²) in [6, 6.07) is 8.67. The number of piperidine rings is 1. The third-order valence-corrected chi connectivity index (χ3v) is 2.93. The maximum atomic E-state index is 5.63. The van der Waals surface area contributed by atoms with E-state index in [0.717, 1.165) is 13.1 Å². The topological polar surface area (TPSA) is 40.1 Å². The van der Waals surface area contributed by atoms with Crippen molar-refractivity contribution in [2.45, 2.75) is 25.3 Å². The van der Waals surface area contributed by atoms with E-state index in [-0.39, 0.29) is 0 Å². The third kappa shape index (κ3) is 2.14. The molecule has 1 aromatic rings. The van der Waals surface area contributed by atoms with Crippen LogP contribution in [0.1, 0.15) is 29.9 Å². The number of rotatable bonds is 2. The Balaban J connectivity index is 2.13. The molecule has 1 saturated heterocycles. The quantitative estimate of drug-likeness (QED) is 0.754. The van der Waals surface area contributed by atoms with Gasteiger partial charge in [-0.25, -0.2) is 5.32 Å². The molecule has 0 amide bonds. The molecule has 14 heavy (non-hydrogen) atoms. The van der Waals surface area contributed by atoms with E-state index in [9.17, 15) is 0 Å². The Labute approximate surface area is 85.5 Å². The van der Waals surface area contributed by atoms with Crippen molar-refractivity contribution in [3.63, 3.8) is 0 Å². The highest BCUT2D eigenvalue weighted by molar-refractivity contribution is 5.26. The smallest absolute Gasteiger partial charge is 0.0178 e. The lowest BCUT2D eigenvalue weighted by Crippen LogP contribution is -2.21. The highest BCUT2D eigenvalue weighted by Gasteiger charge is 2.15. The molecule has 0 bridgehead atoms. The molecule has 2 rings (SSSR count). The Hall–Kier alpha value is -0.860. The van der Waals surface area contributed by atoms with Crippen molar-refractivity contribution in [1.29, 1.82) is 0 Å². The standard InChI is InChI=1S/C12H17N2/c13-9-10-2-1-3-12(8-10)11-4-6-14-7-5-11/h1-3,8,11H,4-7,9,13H2. The van der Waals surface area contributed by atoms with Crippen LogP contribution in [0.2, 0.25) is 0 Å². The number of nitrogens with zero attached hydrogens (tertiary/aromatic N) is 1. The lowest BCUT2D eigenvalue weighted by molar-refractivity contribution is 0.453. The third-order valence-electron chi connectivity index (χ3n) is 2.93. The predicted octanol–water partition coefficient (Wildman–Crippen LogP) is 1.63. The Bertz CT molecular complexity index is 290. The minimum Gasteiger partial charge on any atom is -0.326 e. The first kappa shape index (κ1) is 9.69. The molecule has 0 spiro atoms. The molecular formula is C12H17N2. The number of benzene rings is 1. The summed E-state index contributed by atoms with van der Waals surface area (Å²) < 4.78 is 0. The molecular weight excluding hydrogens is 172 g/mol. The van der Waals surface area contributed by atoms with E-state index >= 15 is 0 Å². The van der Waals surface area contributed by atoms with Crippen molar-refractivity contribution in [3.8, 4) is 0 Å². The molecule has 0 saturated carbocycles. The fraction of sp³-hybridized carbons (Fsp3) is 0.500. The van der Waals surface area contributed by atoms with E-state index in [1.807, 2.05) is 0 Å². The molecule has 0 aliphatic carbocycles. The zero-order valence-electron chi connectivity index (χ0n) is 8.45. The van der Waals surface area contributed by atoms with Crippen LogP contribution >= 0.6 is 0 Å². The Morgan fingerprint density at radius 2 is 2.07 bits per heavy atom. The van der Waals surface area contributed by atoms with Crippen LogP contribution < -0.4 is 11.1 Å². The normalized spacial score (nSPS) is 18.4. The van der Waals surface area contributed by atoms with Crippen molar-refractivity contribution < 1.29 is 0 Å². The molecule has 1 heterocycles. The fourth-order valence-electron chi connectivity index (χ4n) is 2.06. The first-order valence-corrected chi connectivity index (χ1v) is 5.32. The van der Waals surface area contributed by atoms with Crippen molar-refractivity contribution in [2.75, 3.05) is 13.1 Å². The van der Waals surface area contributed by atoms with Gasteiger partial charge in [0.15, 0.2) is 0 Å². The van der Waals surface area contributed by atoms with E-state index in [1.165, 1.54) is 24.0 Å². The Morgan fingerprint density at radius 3 is 2.79 bits per heavy atom. The van der Waals surface area contributed by atoms with Crippen LogP contribution in [0.3, 0.4) is 0 Å². The summed E-state index contributed by atoms with van der Waals surface area (Å²) in [5, 5.41) is 4.37. The molecule has 2 N–H and O–H groups in total. The number of nitrogens with two attached hydrogens (primary N) is 1. The monoisotopic (exact) mass is 189 g/mol. The van der Waals surface area contributed by atoms with Gasteiger partial charge in [-0.2, -0.15) is 0 Å². The molecule has 2 nitrogen and oxygen atoms in total. The van der Waals surface area contributed by atoms with Crippen LogP contribution in [0.4, 0.5) is 0 Å². The Morgan fingerprint density at radius 1 is 1.29 bits per heavy atom.